The van der Waals surface area contributed by atoms with E-state index in [2.05, 4.69) is 10.6 Å². The van der Waals surface area contributed by atoms with Crippen molar-refractivity contribution in [3.05, 3.63) is 106 Å². The molecule has 0 aliphatic heterocycles. The number of nitrogens with two attached hydrogens (primary N) is 2. The molecule has 0 unspecified atom stereocenters. The van der Waals surface area contributed by atoms with Crippen molar-refractivity contribution in [2.45, 2.75) is 27.7 Å². The first-order chi connectivity index (χ1) is 17.1. The molecule has 6 nitrogen and oxygen atoms in total. The van der Waals surface area contributed by atoms with Gasteiger partial charge in [-0.2, -0.15) is 0 Å². The number of benzene rings is 4. The highest BCUT2D eigenvalue weighted by atomic mass is 16.2. The lowest BCUT2D eigenvalue weighted by molar-refractivity contribution is 0.101. The first-order valence-corrected chi connectivity index (χ1v) is 11.7. The number of hydrogen-bond donors (Lipinski definition) is 4. The Labute approximate surface area is 211 Å². The molecule has 0 bridgehead atoms. The van der Waals surface area contributed by atoms with Gasteiger partial charge in [-0.05, 0) is 122 Å². The van der Waals surface area contributed by atoms with Gasteiger partial charge in [-0.15, -0.1) is 0 Å². The van der Waals surface area contributed by atoms with Crippen LogP contribution in [0.15, 0.2) is 72.8 Å². The molecule has 4 aromatic rings. The highest BCUT2D eigenvalue weighted by Gasteiger charge is 2.12. The maximum Gasteiger partial charge on any atom is 0.255 e. The van der Waals surface area contributed by atoms with E-state index in [1.165, 1.54) is 0 Å². The minimum absolute atomic E-state index is 0.183. The van der Waals surface area contributed by atoms with Crippen molar-refractivity contribution >= 4 is 34.6 Å². The smallest absolute Gasteiger partial charge is 0.255 e. The summed E-state index contributed by atoms with van der Waals surface area (Å²) in [6.45, 7) is 7.78. The first kappa shape index (κ1) is 24.5. The summed E-state index contributed by atoms with van der Waals surface area (Å²) in [5.41, 5.74) is 21.5. The standard InChI is InChI=1S/C30H30N4O2/c1-17-15-23(33-29(35)21-5-11-27(31)19(3)13-21)7-9-25(17)26-10-8-24(16-18(26)2)34-30(36)22-6-12-28(32)20(4)14-22/h5-16H,31-32H2,1-4H3,(H,33,35)(H,34,36). The molecule has 0 aliphatic rings. The van der Waals surface area contributed by atoms with Crippen LogP contribution >= 0.6 is 0 Å². The van der Waals surface area contributed by atoms with Crippen molar-refractivity contribution in [2.75, 3.05) is 22.1 Å². The van der Waals surface area contributed by atoms with Crippen LogP contribution in [-0.4, -0.2) is 11.8 Å². The largest absolute Gasteiger partial charge is 0.399 e. The number of hydrogen-bond acceptors (Lipinski definition) is 4. The lowest BCUT2D eigenvalue weighted by Gasteiger charge is -2.14. The number of anilines is 4. The molecule has 36 heavy (non-hydrogen) atoms. The van der Waals surface area contributed by atoms with Gasteiger partial charge in [-0.1, -0.05) is 12.1 Å². The Morgan fingerprint density at radius 3 is 1.25 bits per heavy atom. The molecule has 2 amide bonds. The number of carbonyl (C=O) groups is 2. The molecule has 6 heteroatoms. The van der Waals surface area contributed by atoms with E-state index in [1.807, 2.05) is 64.1 Å². The van der Waals surface area contributed by atoms with Crippen LogP contribution in [-0.2, 0) is 0 Å². The molecule has 0 spiro atoms. The van der Waals surface area contributed by atoms with Gasteiger partial charge in [0.25, 0.3) is 11.8 Å². The van der Waals surface area contributed by atoms with Gasteiger partial charge in [0.15, 0.2) is 0 Å². The van der Waals surface area contributed by atoms with Crippen LogP contribution < -0.4 is 22.1 Å². The van der Waals surface area contributed by atoms with Crippen LogP contribution in [0.25, 0.3) is 11.1 Å². The second kappa shape index (κ2) is 9.96. The number of nitrogens with one attached hydrogen (secondary N) is 2. The fourth-order valence-electron chi connectivity index (χ4n) is 4.13. The fraction of sp³-hybridized carbons (Fsp3) is 0.133. The van der Waals surface area contributed by atoms with Crippen molar-refractivity contribution in [3.63, 3.8) is 0 Å². The summed E-state index contributed by atoms with van der Waals surface area (Å²) in [4.78, 5) is 25.3. The number of carbonyl (C=O) groups excluding carboxylic acids is 2. The van der Waals surface area contributed by atoms with Crippen LogP contribution in [0.4, 0.5) is 22.7 Å². The second-order valence-corrected chi connectivity index (χ2v) is 9.11. The molecule has 0 heterocycles. The molecular formula is C30H30N4O2. The van der Waals surface area contributed by atoms with E-state index in [4.69, 9.17) is 11.5 Å². The van der Waals surface area contributed by atoms with E-state index in [-0.39, 0.29) is 11.8 Å². The molecule has 0 saturated carbocycles. The fourth-order valence-corrected chi connectivity index (χ4v) is 4.13. The molecule has 182 valence electrons. The summed E-state index contributed by atoms with van der Waals surface area (Å²) in [7, 11) is 0. The van der Waals surface area contributed by atoms with Crippen LogP contribution in [0.2, 0.25) is 0 Å². The Hall–Kier alpha value is -4.58. The van der Waals surface area contributed by atoms with Crippen LogP contribution in [0, 0.1) is 27.7 Å². The molecule has 4 rings (SSSR count). The number of rotatable bonds is 5. The second-order valence-electron chi connectivity index (χ2n) is 9.11. The molecule has 0 radical (unpaired) electrons. The van der Waals surface area contributed by atoms with Crippen molar-refractivity contribution < 1.29 is 9.59 Å². The maximum absolute atomic E-state index is 12.7. The van der Waals surface area contributed by atoms with E-state index < -0.39 is 0 Å². The van der Waals surface area contributed by atoms with E-state index in [1.54, 1.807) is 36.4 Å². The number of aryl methyl sites for hydroxylation is 4. The molecule has 0 aromatic heterocycles. The average molecular weight is 479 g/mol. The lowest BCUT2D eigenvalue weighted by Crippen LogP contribution is -2.12. The molecule has 0 atom stereocenters. The maximum atomic E-state index is 12.7. The predicted molar refractivity (Wildman–Crippen MR) is 148 cm³/mol. The lowest BCUT2D eigenvalue weighted by atomic mass is 9.95. The summed E-state index contributed by atoms with van der Waals surface area (Å²) < 4.78 is 0. The van der Waals surface area contributed by atoms with Crippen molar-refractivity contribution in [1.82, 2.24) is 0 Å². The molecule has 0 saturated heterocycles. The van der Waals surface area contributed by atoms with Gasteiger partial charge < -0.3 is 22.1 Å². The third kappa shape index (κ3) is 5.23. The van der Waals surface area contributed by atoms with Crippen LogP contribution in [0.1, 0.15) is 43.0 Å². The summed E-state index contributed by atoms with van der Waals surface area (Å²) >= 11 is 0. The number of nitrogen functional groups attached to an aromatic ring is 2. The zero-order valence-corrected chi connectivity index (χ0v) is 20.9. The Bertz CT molecular complexity index is 1380. The highest BCUT2D eigenvalue weighted by molar-refractivity contribution is 6.05. The summed E-state index contributed by atoms with van der Waals surface area (Å²) in [5.74, 6) is -0.365. The average Bonchev–Trinajstić information content (AvgIpc) is 2.83. The molecule has 6 N–H and O–H groups in total. The normalized spacial score (nSPS) is 10.7. The van der Waals surface area contributed by atoms with E-state index in [0.717, 1.165) is 44.8 Å². The van der Waals surface area contributed by atoms with Crippen LogP contribution in [0.3, 0.4) is 0 Å². The van der Waals surface area contributed by atoms with E-state index in [0.29, 0.717) is 22.5 Å². The van der Waals surface area contributed by atoms with Gasteiger partial charge in [-0.3, -0.25) is 9.59 Å². The van der Waals surface area contributed by atoms with Crippen LogP contribution in [0.5, 0.6) is 0 Å². The SMILES string of the molecule is Cc1cc(C(=O)Nc2ccc(-c3ccc(NC(=O)c4ccc(N)c(C)c4)cc3C)c(C)c2)ccc1N. The van der Waals surface area contributed by atoms with Gasteiger partial charge in [0.05, 0.1) is 0 Å². The molecular weight excluding hydrogens is 448 g/mol. The van der Waals surface area contributed by atoms with Gasteiger partial charge in [0, 0.05) is 33.9 Å². The monoisotopic (exact) mass is 478 g/mol. The first-order valence-electron chi connectivity index (χ1n) is 11.7. The van der Waals surface area contributed by atoms with Gasteiger partial charge in [-0.25, -0.2) is 0 Å². The zero-order valence-electron chi connectivity index (χ0n) is 20.9. The molecule has 4 aromatic carbocycles. The summed E-state index contributed by atoms with van der Waals surface area (Å²) in [6.07, 6.45) is 0. The molecule has 0 fully saturated rings. The van der Waals surface area contributed by atoms with Crippen molar-refractivity contribution in [2.24, 2.45) is 0 Å². The Morgan fingerprint density at radius 1 is 0.528 bits per heavy atom. The summed E-state index contributed by atoms with van der Waals surface area (Å²) in [5, 5.41) is 5.92. The predicted octanol–water partition coefficient (Wildman–Crippen LogP) is 6.26. The highest BCUT2D eigenvalue weighted by Crippen LogP contribution is 2.31. The quantitative estimate of drug-likeness (QED) is 0.254. The topological polar surface area (TPSA) is 110 Å². The Kier molecular flexibility index (Phi) is 6.79. The van der Waals surface area contributed by atoms with Gasteiger partial charge in [0.2, 0.25) is 0 Å². The van der Waals surface area contributed by atoms with E-state index >= 15 is 0 Å². The van der Waals surface area contributed by atoms with Crippen molar-refractivity contribution in [3.8, 4) is 11.1 Å². The van der Waals surface area contributed by atoms with Gasteiger partial charge >= 0.3 is 0 Å². The third-order valence-electron chi connectivity index (χ3n) is 6.32. The third-order valence-corrected chi connectivity index (χ3v) is 6.32. The van der Waals surface area contributed by atoms with E-state index in [9.17, 15) is 9.59 Å². The minimum atomic E-state index is -0.183. The minimum Gasteiger partial charge on any atom is -0.399 e. The Balaban J connectivity index is 1.50. The summed E-state index contributed by atoms with van der Waals surface area (Å²) in [6, 6.07) is 22.2. The van der Waals surface area contributed by atoms with Gasteiger partial charge in [0.1, 0.15) is 0 Å². The molecule has 0 aliphatic carbocycles. The Morgan fingerprint density at radius 2 is 0.917 bits per heavy atom. The zero-order chi connectivity index (χ0) is 26.0. The van der Waals surface area contributed by atoms with Crippen molar-refractivity contribution in [1.29, 1.82) is 0 Å². The number of amides is 2.